The van der Waals surface area contributed by atoms with E-state index in [1.807, 2.05) is 0 Å². The number of hydrogen-bond donors (Lipinski definition) is 1. The van der Waals surface area contributed by atoms with E-state index in [2.05, 4.69) is 4.72 Å². The van der Waals surface area contributed by atoms with Gasteiger partial charge in [0.05, 0.1) is 22.9 Å². The lowest BCUT2D eigenvalue weighted by Crippen LogP contribution is -2.16. The molecule has 0 aliphatic carbocycles. The zero-order chi connectivity index (χ0) is 18.6. The molecule has 2 aromatic carbocycles. The Bertz CT molecular complexity index is 880. The predicted octanol–water partition coefficient (Wildman–Crippen LogP) is 4.77. The van der Waals surface area contributed by atoms with E-state index >= 15 is 0 Å². The largest absolute Gasteiger partial charge is 0.462 e. The van der Waals surface area contributed by atoms with Gasteiger partial charge in [-0.25, -0.2) is 13.2 Å². The molecule has 0 fully saturated rings. The number of sulfonamides is 1. The molecule has 2 aromatic rings. The molecule has 0 aliphatic heterocycles. The summed E-state index contributed by atoms with van der Waals surface area (Å²) in [5, 5.41) is 0.665. The number of ether oxygens (including phenoxy) is 1. The van der Waals surface area contributed by atoms with Crippen molar-refractivity contribution in [3.63, 3.8) is 0 Å². The third-order valence-electron chi connectivity index (χ3n) is 3.13. The molecule has 0 radical (unpaired) electrons. The Morgan fingerprint density at radius 1 is 1.08 bits per heavy atom. The number of benzene rings is 2. The van der Waals surface area contributed by atoms with Crippen LogP contribution in [0.25, 0.3) is 0 Å². The molecule has 0 spiro atoms. The molecule has 0 bridgehead atoms. The second-order valence-electron chi connectivity index (χ2n) is 4.98. The molecule has 0 saturated heterocycles. The van der Waals surface area contributed by atoms with Gasteiger partial charge in [-0.05, 0) is 37.3 Å². The minimum absolute atomic E-state index is 0.0690. The number of hydrogen-bond acceptors (Lipinski definition) is 4. The van der Waals surface area contributed by atoms with E-state index in [4.69, 9.17) is 39.5 Å². The number of anilines is 1. The molecule has 134 valence electrons. The van der Waals surface area contributed by atoms with Crippen LogP contribution in [0.15, 0.2) is 36.4 Å². The molecular formula is C16H14Cl3NO4S. The molecule has 0 aliphatic rings. The lowest BCUT2D eigenvalue weighted by atomic mass is 10.2. The van der Waals surface area contributed by atoms with Gasteiger partial charge in [0, 0.05) is 21.3 Å². The fourth-order valence-corrected chi connectivity index (χ4v) is 4.16. The Morgan fingerprint density at radius 3 is 2.32 bits per heavy atom. The van der Waals surface area contributed by atoms with E-state index < -0.39 is 21.7 Å². The molecule has 0 atom stereocenters. The zero-order valence-electron chi connectivity index (χ0n) is 13.1. The van der Waals surface area contributed by atoms with Crippen LogP contribution in [-0.4, -0.2) is 21.0 Å². The summed E-state index contributed by atoms with van der Waals surface area (Å²) < 4.78 is 32.0. The maximum Gasteiger partial charge on any atom is 0.339 e. The van der Waals surface area contributed by atoms with Crippen molar-refractivity contribution in [1.29, 1.82) is 0 Å². The van der Waals surface area contributed by atoms with Gasteiger partial charge in [-0.2, -0.15) is 0 Å². The SMILES string of the molecule is CCOC(=O)c1cc(NS(=O)(=O)Cc2c(Cl)cccc2Cl)ccc1Cl. The van der Waals surface area contributed by atoms with Crippen LogP contribution in [-0.2, 0) is 20.5 Å². The molecule has 0 unspecified atom stereocenters. The lowest BCUT2D eigenvalue weighted by Gasteiger charge is -2.12. The third-order valence-corrected chi connectivity index (χ3v) is 5.38. The maximum atomic E-state index is 12.4. The van der Waals surface area contributed by atoms with Crippen LogP contribution in [0.5, 0.6) is 0 Å². The maximum absolute atomic E-state index is 12.4. The van der Waals surface area contributed by atoms with Crippen LogP contribution in [0.2, 0.25) is 15.1 Å². The first-order valence-corrected chi connectivity index (χ1v) is 9.92. The summed E-state index contributed by atoms with van der Waals surface area (Å²) in [7, 11) is -3.81. The molecule has 5 nitrogen and oxygen atoms in total. The van der Waals surface area contributed by atoms with Crippen molar-refractivity contribution in [3.8, 4) is 0 Å². The molecule has 0 amide bonds. The first kappa shape index (κ1) is 19.8. The number of halogens is 3. The highest BCUT2D eigenvalue weighted by molar-refractivity contribution is 7.91. The van der Waals surface area contributed by atoms with E-state index in [1.54, 1.807) is 25.1 Å². The topological polar surface area (TPSA) is 72.5 Å². The minimum Gasteiger partial charge on any atom is -0.462 e. The van der Waals surface area contributed by atoms with Crippen LogP contribution in [0.4, 0.5) is 5.69 Å². The van der Waals surface area contributed by atoms with Gasteiger partial charge >= 0.3 is 5.97 Å². The second kappa shape index (κ2) is 8.27. The quantitative estimate of drug-likeness (QED) is 0.681. The second-order valence-corrected chi connectivity index (χ2v) is 7.92. The van der Waals surface area contributed by atoms with Gasteiger partial charge in [0.1, 0.15) is 0 Å². The Morgan fingerprint density at radius 2 is 1.72 bits per heavy atom. The highest BCUT2D eigenvalue weighted by Gasteiger charge is 2.18. The highest BCUT2D eigenvalue weighted by Crippen LogP contribution is 2.27. The molecule has 0 heterocycles. The zero-order valence-corrected chi connectivity index (χ0v) is 16.1. The van der Waals surface area contributed by atoms with Crippen molar-refractivity contribution in [2.45, 2.75) is 12.7 Å². The minimum atomic E-state index is -3.81. The van der Waals surface area contributed by atoms with Crippen molar-refractivity contribution >= 4 is 56.5 Å². The van der Waals surface area contributed by atoms with Gasteiger partial charge in [0.2, 0.25) is 10.0 Å². The summed E-state index contributed by atoms with van der Waals surface area (Å²) in [6, 6.07) is 8.90. The summed E-state index contributed by atoms with van der Waals surface area (Å²) in [6.07, 6.45) is 0. The van der Waals surface area contributed by atoms with E-state index in [0.717, 1.165) is 0 Å². The van der Waals surface area contributed by atoms with E-state index in [1.165, 1.54) is 18.2 Å². The molecule has 0 aromatic heterocycles. The molecule has 0 saturated carbocycles. The first-order valence-electron chi connectivity index (χ1n) is 7.13. The molecular weight excluding hydrogens is 409 g/mol. The van der Waals surface area contributed by atoms with Crippen molar-refractivity contribution in [2.24, 2.45) is 0 Å². The Kier molecular flexibility index (Phi) is 6.57. The number of nitrogens with one attached hydrogen (secondary N) is 1. The third kappa shape index (κ3) is 5.25. The van der Waals surface area contributed by atoms with Crippen molar-refractivity contribution in [2.75, 3.05) is 11.3 Å². The van der Waals surface area contributed by atoms with Gasteiger partial charge in [-0.1, -0.05) is 40.9 Å². The fourth-order valence-electron chi connectivity index (χ4n) is 2.03. The van der Waals surface area contributed by atoms with Crippen LogP contribution in [0.3, 0.4) is 0 Å². The molecule has 9 heteroatoms. The van der Waals surface area contributed by atoms with Gasteiger partial charge in [-0.3, -0.25) is 4.72 Å². The van der Waals surface area contributed by atoms with Gasteiger partial charge in [-0.15, -0.1) is 0 Å². The smallest absolute Gasteiger partial charge is 0.339 e. The summed E-state index contributed by atoms with van der Waals surface area (Å²) in [5.41, 5.74) is 0.535. The number of carbonyl (C=O) groups excluding carboxylic acids is 1. The van der Waals surface area contributed by atoms with E-state index in [-0.39, 0.29) is 38.5 Å². The number of carbonyl (C=O) groups is 1. The van der Waals surface area contributed by atoms with Crippen LogP contribution in [0.1, 0.15) is 22.8 Å². The normalized spacial score (nSPS) is 11.2. The number of rotatable bonds is 6. The summed E-state index contributed by atoms with van der Waals surface area (Å²) in [6.45, 7) is 1.84. The molecule has 2 rings (SSSR count). The summed E-state index contributed by atoms with van der Waals surface area (Å²) >= 11 is 18.0. The van der Waals surface area contributed by atoms with Crippen molar-refractivity contribution < 1.29 is 17.9 Å². The standard InChI is InChI=1S/C16H14Cl3NO4S/c1-2-24-16(21)11-8-10(6-7-15(11)19)20-25(22,23)9-12-13(17)4-3-5-14(12)18/h3-8,20H,2,9H2,1H3. The van der Waals surface area contributed by atoms with E-state index in [0.29, 0.717) is 0 Å². The van der Waals surface area contributed by atoms with Crippen molar-refractivity contribution in [1.82, 2.24) is 0 Å². The Labute approximate surface area is 160 Å². The average Bonchev–Trinajstić information content (AvgIpc) is 2.53. The van der Waals surface area contributed by atoms with Gasteiger partial charge < -0.3 is 4.74 Å². The molecule has 25 heavy (non-hydrogen) atoms. The van der Waals surface area contributed by atoms with Gasteiger partial charge in [0.15, 0.2) is 0 Å². The fraction of sp³-hybridized carbons (Fsp3) is 0.188. The van der Waals surface area contributed by atoms with Gasteiger partial charge in [0.25, 0.3) is 0 Å². The highest BCUT2D eigenvalue weighted by atomic mass is 35.5. The summed E-state index contributed by atoms with van der Waals surface area (Å²) in [4.78, 5) is 11.8. The first-order chi connectivity index (χ1) is 11.7. The Balaban J connectivity index is 2.26. The lowest BCUT2D eigenvalue weighted by molar-refractivity contribution is 0.0526. The monoisotopic (exact) mass is 421 g/mol. The molecule has 1 N–H and O–H groups in total. The Hall–Kier alpha value is -1.47. The van der Waals surface area contributed by atoms with Crippen LogP contribution in [0, 0.1) is 0 Å². The number of esters is 1. The average molecular weight is 423 g/mol. The summed E-state index contributed by atoms with van der Waals surface area (Å²) in [5.74, 6) is -1.05. The van der Waals surface area contributed by atoms with Crippen molar-refractivity contribution in [3.05, 3.63) is 62.6 Å². The van der Waals surface area contributed by atoms with E-state index in [9.17, 15) is 13.2 Å². The van der Waals surface area contributed by atoms with Crippen LogP contribution < -0.4 is 4.72 Å². The predicted molar refractivity (Wildman–Crippen MR) is 100 cm³/mol. The van der Waals surface area contributed by atoms with Crippen LogP contribution >= 0.6 is 34.8 Å².